The van der Waals surface area contributed by atoms with Gasteiger partial charge in [-0.15, -0.1) is 0 Å². The lowest BCUT2D eigenvalue weighted by Crippen LogP contribution is -2.13. The van der Waals surface area contributed by atoms with Crippen LogP contribution in [0.15, 0.2) is 48.5 Å². The van der Waals surface area contributed by atoms with Gasteiger partial charge in [-0.25, -0.2) is 0 Å². The molecule has 0 heterocycles. The van der Waals surface area contributed by atoms with Crippen molar-refractivity contribution >= 4 is 28.9 Å². The van der Waals surface area contributed by atoms with Crippen LogP contribution in [0.3, 0.4) is 0 Å². The summed E-state index contributed by atoms with van der Waals surface area (Å²) < 4.78 is 0. The molecule has 4 N–H and O–H groups in total. The van der Waals surface area contributed by atoms with Gasteiger partial charge in [-0.1, -0.05) is 25.1 Å². The normalized spacial score (nSPS) is 10.1. The Morgan fingerprint density at radius 3 is 2.04 bits per heavy atom. The molecule has 0 bridgehead atoms. The first kappa shape index (κ1) is 16.5. The minimum atomic E-state index is -0.0707. The molecule has 0 saturated heterocycles. The lowest BCUT2D eigenvalue weighted by molar-refractivity contribution is -0.116. The van der Waals surface area contributed by atoms with Crippen molar-refractivity contribution in [2.75, 3.05) is 16.4 Å². The van der Waals surface area contributed by atoms with Gasteiger partial charge in [0.15, 0.2) is 0 Å². The number of benzene rings is 2. The Kier molecular flexibility index (Phi) is 5.74. The van der Waals surface area contributed by atoms with Crippen LogP contribution in [-0.2, 0) is 16.0 Å². The van der Waals surface area contributed by atoms with E-state index in [1.807, 2.05) is 24.3 Å². The Hall–Kier alpha value is -2.82. The predicted octanol–water partition coefficient (Wildman–Crippen LogP) is 3.19. The number of nitrogens with one attached hydrogen (secondary N) is 2. The van der Waals surface area contributed by atoms with Crippen LogP contribution in [0.4, 0.5) is 17.1 Å². The van der Waals surface area contributed by atoms with E-state index in [1.165, 1.54) is 0 Å². The van der Waals surface area contributed by atoms with E-state index in [9.17, 15) is 9.59 Å². The van der Waals surface area contributed by atoms with Crippen LogP contribution in [-0.4, -0.2) is 11.8 Å². The molecule has 5 nitrogen and oxygen atoms in total. The molecule has 0 saturated carbocycles. The molecule has 2 rings (SSSR count). The molecule has 2 aromatic rings. The molecule has 23 heavy (non-hydrogen) atoms. The number of para-hydroxylation sites is 1. The molecule has 0 unspecified atom stereocenters. The van der Waals surface area contributed by atoms with Crippen molar-refractivity contribution < 1.29 is 9.59 Å². The maximum absolute atomic E-state index is 12.0. The van der Waals surface area contributed by atoms with Gasteiger partial charge in [-0.2, -0.15) is 0 Å². The van der Waals surface area contributed by atoms with Crippen LogP contribution >= 0.6 is 0 Å². The van der Waals surface area contributed by atoms with Gasteiger partial charge in [0.05, 0.1) is 0 Å². The standard InChI is InChI=1S/C18H21N3O2/c1-2-17(22)20-14-8-10-15(11-9-14)21-18(23)12-7-13-5-3-4-6-16(13)19/h3-6,8-11H,2,7,12,19H2,1H3,(H,20,22)(H,21,23). The molecule has 120 valence electrons. The zero-order chi connectivity index (χ0) is 16.7. The van der Waals surface area contributed by atoms with E-state index >= 15 is 0 Å². The topological polar surface area (TPSA) is 84.2 Å². The van der Waals surface area contributed by atoms with E-state index in [0.29, 0.717) is 36.3 Å². The number of hydrogen-bond donors (Lipinski definition) is 3. The van der Waals surface area contributed by atoms with Crippen LogP contribution in [0.1, 0.15) is 25.3 Å². The minimum Gasteiger partial charge on any atom is -0.399 e. The molecule has 2 amide bonds. The lowest BCUT2D eigenvalue weighted by Gasteiger charge is -2.08. The number of amides is 2. The van der Waals surface area contributed by atoms with Crippen LogP contribution in [0.25, 0.3) is 0 Å². The predicted molar refractivity (Wildman–Crippen MR) is 93.2 cm³/mol. The van der Waals surface area contributed by atoms with E-state index in [2.05, 4.69) is 10.6 Å². The fourth-order valence-corrected chi connectivity index (χ4v) is 2.12. The van der Waals surface area contributed by atoms with Gasteiger partial charge < -0.3 is 16.4 Å². The van der Waals surface area contributed by atoms with Crippen molar-refractivity contribution in [3.8, 4) is 0 Å². The van der Waals surface area contributed by atoms with Crippen LogP contribution in [0.2, 0.25) is 0 Å². The van der Waals surface area contributed by atoms with E-state index in [-0.39, 0.29) is 11.8 Å². The van der Waals surface area contributed by atoms with E-state index in [4.69, 9.17) is 5.73 Å². The van der Waals surface area contributed by atoms with E-state index in [0.717, 1.165) is 5.56 Å². The van der Waals surface area contributed by atoms with Gasteiger partial charge in [0.25, 0.3) is 0 Å². The SMILES string of the molecule is CCC(=O)Nc1ccc(NC(=O)CCc2ccccc2N)cc1. The molecule has 5 heteroatoms. The van der Waals surface area contributed by atoms with Crippen molar-refractivity contribution in [3.63, 3.8) is 0 Å². The summed E-state index contributed by atoms with van der Waals surface area (Å²) in [5, 5.41) is 5.59. The third kappa shape index (κ3) is 5.14. The molecule has 0 aromatic heterocycles. The minimum absolute atomic E-state index is 0.0396. The quantitative estimate of drug-likeness (QED) is 0.716. The molecule has 0 aliphatic heterocycles. The zero-order valence-electron chi connectivity index (χ0n) is 13.1. The van der Waals surface area contributed by atoms with Crippen molar-refractivity contribution in [2.24, 2.45) is 0 Å². The number of aryl methyl sites for hydroxylation is 1. The summed E-state index contributed by atoms with van der Waals surface area (Å²) in [6, 6.07) is 14.6. The zero-order valence-corrected chi connectivity index (χ0v) is 13.1. The lowest BCUT2D eigenvalue weighted by atomic mass is 10.1. The van der Waals surface area contributed by atoms with Crippen LogP contribution in [0.5, 0.6) is 0 Å². The Labute approximate surface area is 135 Å². The molecule has 0 aliphatic rings. The maximum Gasteiger partial charge on any atom is 0.224 e. The van der Waals surface area contributed by atoms with Crippen molar-refractivity contribution in [2.45, 2.75) is 26.2 Å². The first-order valence-electron chi connectivity index (χ1n) is 7.61. The van der Waals surface area contributed by atoms with Crippen molar-refractivity contribution in [1.29, 1.82) is 0 Å². The van der Waals surface area contributed by atoms with Gasteiger partial charge in [0, 0.05) is 29.9 Å². The molecular formula is C18H21N3O2. The highest BCUT2D eigenvalue weighted by atomic mass is 16.2. The largest absolute Gasteiger partial charge is 0.399 e. The summed E-state index contributed by atoms with van der Waals surface area (Å²) in [7, 11) is 0. The fraction of sp³-hybridized carbons (Fsp3) is 0.222. The van der Waals surface area contributed by atoms with Crippen LogP contribution < -0.4 is 16.4 Å². The van der Waals surface area contributed by atoms with Gasteiger partial charge >= 0.3 is 0 Å². The summed E-state index contributed by atoms with van der Waals surface area (Å²) in [4.78, 5) is 23.3. The number of anilines is 3. The number of carbonyl (C=O) groups excluding carboxylic acids is 2. The summed E-state index contributed by atoms with van der Waals surface area (Å²) in [5.74, 6) is -0.110. The van der Waals surface area contributed by atoms with Crippen molar-refractivity contribution in [1.82, 2.24) is 0 Å². The third-order valence-electron chi connectivity index (χ3n) is 3.45. The highest BCUT2D eigenvalue weighted by molar-refractivity contribution is 5.92. The smallest absolute Gasteiger partial charge is 0.224 e. The van der Waals surface area contributed by atoms with Crippen molar-refractivity contribution in [3.05, 3.63) is 54.1 Å². The van der Waals surface area contributed by atoms with Gasteiger partial charge in [0.2, 0.25) is 11.8 Å². The molecule has 0 spiro atoms. The first-order valence-corrected chi connectivity index (χ1v) is 7.61. The second-order valence-corrected chi connectivity index (χ2v) is 5.23. The Morgan fingerprint density at radius 2 is 1.48 bits per heavy atom. The summed E-state index contributed by atoms with van der Waals surface area (Å²) in [5.41, 5.74) is 8.95. The highest BCUT2D eigenvalue weighted by Crippen LogP contribution is 2.16. The van der Waals surface area contributed by atoms with Crippen LogP contribution in [0, 0.1) is 0 Å². The molecule has 0 radical (unpaired) electrons. The number of nitrogen functional groups attached to an aromatic ring is 1. The summed E-state index contributed by atoms with van der Waals surface area (Å²) >= 11 is 0. The second-order valence-electron chi connectivity index (χ2n) is 5.23. The fourth-order valence-electron chi connectivity index (χ4n) is 2.12. The van der Waals surface area contributed by atoms with E-state index < -0.39 is 0 Å². The van der Waals surface area contributed by atoms with Gasteiger partial charge in [0.1, 0.15) is 0 Å². The average Bonchev–Trinajstić information content (AvgIpc) is 2.56. The number of nitrogens with two attached hydrogens (primary N) is 1. The van der Waals surface area contributed by atoms with Gasteiger partial charge in [-0.3, -0.25) is 9.59 Å². The van der Waals surface area contributed by atoms with E-state index in [1.54, 1.807) is 31.2 Å². The third-order valence-corrected chi connectivity index (χ3v) is 3.45. The molecule has 2 aromatic carbocycles. The Morgan fingerprint density at radius 1 is 0.913 bits per heavy atom. The second kappa shape index (κ2) is 7.98. The molecule has 0 atom stereocenters. The summed E-state index contributed by atoms with van der Waals surface area (Å²) in [6.07, 6.45) is 1.40. The molecular weight excluding hydrogens is 290 g/mol. The number of hydrogen-bond acceptors (Lipinski definition) is 3. The first-order chi connectivity index (χ1) is 11.1. The summed E-state index contributed by atoms with van der Waals surface area (Å²) in [6.45, 7) is 1.80. The molecule has 0 fully saturated rings. The van der Waals surface area contributed by atoms with Gasteiger partial charge in [-0.05, 0) is 42.3 Å². The average molecular weight is 311 g/mol. The Bertz CT molecular complexity index is 681. The Balaban J connectivity index is 1.85. The number of carbonyl (C=O) groups is 2. The molecule has 0 aliphatic carbocycles. The monoisotopic (exact) mass is 311 g/mol. The highest BCUT2D eigenvalue weighted by Gasteiger charge is 2.05. The maximum atomic E-state index is 12.0. The number of rotatable bonds is 6.